The van der Waals surface area contributed by atoms with Crippen molar-refractivity contribution in [2.24, 2.45) is 0 Å². The van der Waals surface area contributed by atoms with Crippen LogP contribution in [0.1, 0.15) is 13.3 Å². The average Bonchev–Trinajstić information content (AvgIpc) is 2.09. The van der Waals surface area contributed by atoms with Crippen LogP contribution in [-0.4, -0.2) is 31.5 Å². The second-order valence-electron chi connectivity index (χ2n) is 2.59. The molecule has 0 atom stereocenters. The van der Waals surface area contributed by atoms with E-state index in [2.05, 4.69) is 9.47 Å². The van der Waals surface area contributed by atoms with Gasteiger partial charge in [0, 0.05) is 0 Å². The second kappa shape index (κ2) is 5.13. The summed E-state index contributed by atoms with van der Waals surface area (Å²) in [4.78, 5) is 10.4. The van der Waals surface area contributed by atoms with E-state index in [0.29, 0.717) is 6.42 Å². The standard InChI is InChI=1S/C7H9F5O3/c1-2-3-14-5(13)15-4-6(8,9)7(10,11)12/h2-4H2,1H3. The second-order valence-corrected chi connectivity index (χ2v) is 2.59. The predicted octanol–water partition coefficient (Wildman–Crippen LogP) is 2.75. The summed E-state index contributed by atoms with van der Waals surface area (Å²) in [5, 5.41) is 0. The minimum atomic E-state index is -5.74. The van der Waals surface area contributed by atoms with Gasteiger partial charge in [-0.15, -0.1) is 0 Å². The summed E-state index contributed by atoms with van der Waals surface area (Å²) in [5.74, 6) is -5.06. The lowest BCUT2D eigenvalue weighted by Gasteiger charge is -2.18. The molecule has 0 unspecified atom stereocenters. The third-order valence-electron chi connectivity index (χ3n) is 1.21. The maximum absolute atomic E-state index is 12.2. The lowest BCUT2D eigenvalue weighted by atomic mass is 10.3. The van der Waals surface area contributed by atoms with Crippen LogP contribution >= 0.6 is 0 Å². The number of hydrogen-bond donors (Lipinski definition) is 0. The van der Waals surface area contributed by atoms with Crippen molar-refractivity contribution in [2.75, 3.05) is 13.2 Å². The Morgan fingerprint density at radius 2 is 1.67 bits per heavy atom. The molecule has 0 aromatic heterocycles. The van der Waals surface area contributed by atoms with Crippen molar-refractivity contribution in [3.63, 3.8) is 0 Å². The SMILES string of the molecule is CCCOC(=O)OCC(F)(F)C(F)(F)F. The Bertz CT molecular complexity index is 213. The van der Waals surface area contributed by atoms with Crippen LogP contribution in [0, 0.1) is 0 Å². The van der Waals surface area contributed by atoms with Gasteiger partial charge >= 0.3 is 18.3 Å². The molecular weight excluding hydrogens is 227 g/mol. The third kappa shape index (κ3) is 4.80. The maximum atomic E-state index is 12.2. The summed E-state index contributed by atoms with van der Waals surface area (Å²) in [6.07, 6.45) is -6.87. The molecule has 0 rings (SSSR count). The van der Waals surface area contributed by atoms with E-state index in [9.17, 15) is 26.7 Å². The van der Waals surface area contributed by atoms with E-state index in [1.165, 1.54) is 0 Å². The topological polar surface area (TPSA) is 35.5 Å². The smallest absolute Gasteiger partial charge is 0.434 e. The van der Waals surface area contributed by atoms with Gasteiger partial charge in [0.15, 0.2) is 6.61 Å². The molecule has 0 saturated heterocycles. The first-order valence-corrected chi connectivity index (χ1v) is 3.95. The maximum Gasteiger partial charge on any atom is 0.508 e. The summed E-state index contributed by atoms with van der Waals surface area (Å²) in [6.45, 7) is -0.549. The lowest BCUT2D eigenvalue weighted by molar-refractivity contribution is -0.293. The summed E-state index contributed by atoms with van der Waals surface area (Å²) in [7, 11) is 0. The quantitative estimate of drug-likeness (QED) is 0.556. The van der Waals surface area contributed by atoms with Gasteiger partial charge in [-0.25, -0.2) is 4.79 Å². The highest BCUT2D eigenvalue weighted by atomic mass is 19.4. The van der Waals surface area contributed by atoms with Crippen LogP contribution in [0.3, 0.4) is 0 Å². The molecule has 0 spiro atoms. The zero-order valence-electron chi connectivity index (χ0n) is 7.74. The highest BCUT2D eigenvalue weighted by Crippen LogP contribution is 2.35. The number of ether oxygens (including phenoxy) is 2. The van der Waals surface area contributed by atoms with Gasteiger partial charge in [0.05, 0.1) is 6.61 Å². The fraction of sp³-hybridized carbons (Fsp3) is 0.857. The molecule has 90 valence electrons. The average molecular weight is 236 g/mol. The fourth-order valence-corrected chi connectivity index (χ4v) is 0.458. The number of hydrogen-bond acceptors (Lipinski definition) is 3. The highest BCUT2D eigenvalue weighted by Gasteiger charge is 2.58. The molecule has 0 amide bonds. The van der Waals surface area contributed by atoms with E-state index < -0.39 is 24.9 Å². The minimum absolute atomic E-state index is 0.101. The van der Waals surface area contributed by atoms with Crippen LogP contribution in [0.4, 0.5) is 26.7 Å². The summed E-state index contributed by atoms with van der Waals surface area (Å²) < 4.78 is 66.7. The van der Waals surface area contributed by atoms with Crippen LogP contribution in [0.5, 0.6) is 0 Å². The molecule has 0 aliphatic rings. The van der Waals surface area contributed by atoms with E-state index in [0.717, 1.165) is 0 Å². The molecule has 0 aromatic rings. The minimum Gasteiger partial charge on any atom is -0.434 e. The first-order chi connectivity index (χ1) is 6.70. The van der Waals surface area contributed by atoms with Gasteiger partial charge in [0.2, 0.25) is 0 Å². The molecule has 0 aliphatic carbocycles. The van der Waals surface area contributed by atoms with Crippen LogP contribution in [-0.2, 0) is 9.47 Å². The predicted molar refractivity (Wildman–Crippen MR) is 38.6 cm³/mol. The van der Waals surface area contributed by atoms with E-state index in [4.69, 9.17) is 0 Å². The molecule has 0 aromatic carbocycles. The Labute approximate surface area is 82.1 Å². The largest absolute Gasteiger partial charge is 0.508 e. The van der Waals surface area contributed by atoms with Crippen LogP contribution < -0.4 is 0 Å². The first kappa shape index (κ1) is 13.9. The van der Waals surface area contributed by atoms with Crippen molar-refractivity contribution in [1.82, 2.24) is 0 Å². The number of carbonyl (C=O) groups is 1. The zero-order valence-corrected chi connectivity index (χ0v) is 7.74. The van der Waals surface area contributed by atoms with Crippen molar-refractivity contribution in [2.45, 2.75) is 25.4 Å². The molecule has 0 N–H and O–H groups in total. The van der Waals surface area contributed by atoms with Gasteiger partial charge in [0.25, 0.3) is 0 Å². The van der Waals surface area contributed by atoms with Crippen molar-refractivity contribution in [1.29, 1.82) is 0 Å². The van der Waals surface area contributed by atoms with Gasteiger partial charge in [-0.1, -0.05) is 6.92 Å². The molecule has 8 heteroatoms. The van der Waals surface area contributed by atoms with E-state index in [-0.39, 0.29) is 6.61 Å². The van der Waals surface area contributed by atoms with Crippen LogP contribution in [0.15, 0.2) is 0 Å². The Kier molecular flexibility index (Phi) is 4.76. The Hall–Kier alpha value is -1.08. The van der Waals surface area contributed by atoms with Crippen molar-refractivity contribution < 1.29 is 36.2 Å². The summed E-state index contributed by atoms with van der Waals surface area (Å²) in [5.41, 5.74) is 0. The molecule has 0 bridgehead atoms. The number of alkyl halides is 5. The fourth-order valence-electron chi connectivity index (χ4n) is 0.458. The summed E-state index contributed by atoms with van der Waals surface area (Å²) >= 11 is 0. The number of carbonyl (C=O) groups excluding carboxylic acids is 1. The van der Waals surface area contributed by atoms with E-state index >= 15 is 0 Å². The highest BCUT2D eigenvalue weighted by molar-refractivity contribution is 5.59. The molecule has 15 heavy (non-hydrogen) atoms. The normalized spacial score (nSPS) is 12.4. The Morgan fingerprint density at radius 1 is 1.13 bits per heavy atom. The molecule has 0 aliphatic heterocycles. The van der Waals surface area contributed by atoms with Gasteiger partial charge in [-0.3, -0.25) is 0 Å². The van der Waals surface area contributed by atoms with Gasteiger partial charge in [-0.2, -0.15) is 22.0 Å². The molecule has 0 heterocycles. The summed E-state index contributed by atoms with van der Waals surface area (Å²) in [6, 6.07) is 0. The van der Waals surface area contributed by atoms with Crippen LogP contribution in [0.2, 0.25) is 0 Å². The van der Waals surface area contributed by atoms with Gasteiger partial charge < -0.3 is 9.47 Å². The molecule has 3 nitrogen and oxygen atoms in total. The first-order valence-electron chi connectivity index (χ1n) is 3.95. The number of halogens is 5. The van der Waals surface area contributed by atoms with Crippen molar-refractivity contribution in [3.8, 4) is 0 Å². The van der Waals surface area contributed by atoms with Gasteiger partial charge in [-0.05, 0) is 6.42 Å². The van der Waals surface area contributed by atoms with E-state index in [1.54, 1.807) is 6.92 Å². The van der Waals surface area contributed by atoms with Gasteiger partial charge in [0.1, 0.15) is 0 Å². The number of rotatable bonds is 4. The molecule has 0 saturated carbocycles. The lowest BCUT2D eigenvalue weighted by Crippen LogP contribution is -2.41. The molecule has 0 fully saturated rings. The molecule has 0 radical (unpaired) electrons. The monoisotopic (exact) mass is 236 g/mol. The Balaban J connectivity index is 3.99. The Morgan fingerprint density at radius 3 is 2.07 bits per heavy atom. The third-order valence-corrected chi connectivity index (χ3v) is 1.21. The molecular formula is C7H9F5O3. The van der Waals surface area contributed by atoms with E-state index in [1.807, 2.05) is 0 Å². The van der Waals surface area contributed by atoms with Crippen LogP contribution in [0.25, 0.3) is 0 Å². The van der Waals surface area contributed by atoms with Crippen molar-refractivity contribution >= 4 is 6.16 Å². The van der Waals surface area contributed by atoms with Crippen molar-refractivity contribution in [3.05, 3.63) is 0 Å². The zero-order chi connectivity index (χ0) is 12.1.